The fraction of sp³-hybridized carbons (Fsp3) is 0.571. The minimum absolute atomic E-state index is 0.140. The Balaban J connectivity index is 0.000000204. The van der Waals surface area contributed by atoms with Gasteiger partial charge >= 0.3 is 0 Å². The number of hydrogen-bond donors (Lipinski definition) is 0. The van der Waals surface area contributed by atoms with Crippen LogP contribution >= 0.6 is 0 Å². The van der Waals surface area contributed by atoms with Gasteiger partial charge in [-0.1, -0.05) is 36.8 Å². The van der Waals surface area contributed by atoms with Crippen LogP contribution in [0.15, 0.2) is 30.3 Å². The fourth-order valence-corrected chi connectivity index (χ4v) is 2.15. The molecule has 6 nitrogen and oxygen atoms in total. The molecule has 0 aromatic heterocycles. The topological polar surface area (TPSA) is 86.3 Å². The van der Waals surface area contributed by atoms with Crippen molar-refractivity contribution in [1.82, 2.24) is 0 Å². The first-order valence-corrected chi connectivity index (χ1v) is 6.84. The van der Waals surface area contributed by atoms with Gasteiger partial charge in [-0.2, -0.15) is 0 Å². The smallest absolute Gasteiger partial charge is 0.235 e. The Morgan fingerprint density at radius 1 is 1.05 bits per heavy atom. The summed E-state index contributed by atoms with van der Waals surface area (Å²) in [5.41, 5.74) is 0.748. The van der Waals surface area contributed by atoms with Crippen LogP contribution in [0.4, 0.5) is 0 Å². The van der Waals surface area contributed by atoms with E-state index in [1.165, 1.54) is 6.42 Å². The van der Waals surface area contributed by atoms with Crippen LogP contribution < -0.4 is 0 Å². The van der Waals surface area contributed by atoms with Crippen LogP contribution in [0, 0.1) is 20.2 Å². The quantitative estimate of drug-likeness (QED) is 0.625. The van der Waals surface area contributed by atoms with E-state index in [2.05, 4.69) is 0 Å². The normalized spacial score (nSPS) is 16.6. The zero-order valence-electron chi connectivity index (χ0n) is 11.6. The Morgan fingerprint density at radius 2 is 1.60 bits per heavy atom. The minimum atomic E-state index is -0.601. The summed E-state index contributed by atoms with van der Waals surface area (Å²) in [6.07, 6.45) is 4.88. The van der Waals surface area contributed by atoms with Crippen molar-refractivity contribution >= 4 is 0 Å². The first kappa shape index (κ1) is 16.1. The molecule has 0 bridgehead atoms. The Labute approximate surface area is 118 Å². The third kappa shape index (κ3) is 5.34. The predicted molar refractivity (Wildman–Crippen MR) is 75.7 cm³/mol. The highest BCUT2D eigenvalue weighted by Crippen LogP contribution is 2.19. The number of nitro groups is 2. The van der Waals surface area contributed by atoms with Crippen LogP contribution in [0.25, 0.3) is 0 Å². The third-order valence-electron chi connectivity index (χ3n) is 3.47. The Hall–Kier alpha value is -1.98. The third-order valence-corrected chi connectivity index (χ3v) is 3.47. The van der Waals surface area contributed by atoms with Crippen LogP contribution in [-0.4, -0.2) is 15.9 Å². The van der Waals surface area contributed by atoms with Gasteiger partial charge in [-0.15, -0.1) is 0 Å². The Morgan fingerprint density at radius 3 is 2.00 bits per heavy atom. The summed E-state index contributed by atoms with van der Waals surface area (Å²) in [7, 11) is 0. The van der Waals surface area contributed by atoms with Crippen LogP contribution in [0.3, 0.4) is 0 Å². The molecule has 0 amide bonds. The van der Waals surface area contributed by atoms with Crippen molar-refractivity contribution in [2.75, 3.05) is 0 Å². The molecule has 2 rings (SSSR count). The van der Waals surface area contributed by atoms with E-state index in [0.717, 1.165) is 31.2 Å². The van der Waals surface area contributed by atoms with Crippen LogP contribution in [-0.2, 0) is 0 Å². The number of nitrogens with zero attached hydrogens (tertiary/aromatic N) is 2. The molecule has 1 atom stereocenters. The van der Waals surface area contributed by atoms with E-state index < -0.39 is 6.04 Å². The monoisotopic (exact) mass is 280 g/mol. The van der Waals surface area contributed by atoms with E-state index in [1.807, 2.05) is 6.07 Å². The largest absolute Gasteiger partial charge is 0.264 e. The van der Waals surface area contributed by atoms with E-state index in [1.54, 1.807) is 31.2 Å². The molecule has 1 aliphatic rings. The Kier molecular flexibility index (Phi) is 6.63. The molecule has 1 aromatic rings. The molecular weight excluding hydrogens is 260 g/mol. The molecule has 1 aliphatic carbocycles. The molecule has 6 heteroatoms. The summed E-state index contributed by atoms with van der Waals surface area (Å²) in [5, 5.41) is 20.5. The van der Waals surface area contributed by atoms with Crippen molar-refractivity contribution in [2.24, 2.45) is 0 Å². The molecule has 1 fully saturated rings. The summed E-state index contributed by atoms with van der Waals surface area (Å²) in [6, 6.07) is 8.14. The second kappa shape index (κ2) is 8.24. The molecule has 1 unspecified atom stereocenters. The van der Waals surface area contributed by atoms with E-state index >= 15 is 0 Å². The second-order valence-electron chi connectivity index (χ2n) is 4.95. The number of benzene rings is 1. The van der Waals surface area contributed by atoms with Gasteiger partial charge in [0.2, 0.25) is 12.1 Å². The van der Waals surface area contributed by atoms with Gasteiger partial charge in [0, 0.05) is 35.2 Å². The second-order valence-corrected chi connectivity index (χ2v) is 4.95. The maximum absolute atomic E-state index is 10.3. The van der Waals surface area contributed by atoms with Crippen LogP contribution in [0.2, 0.25) is 0 Å². The molecule has 0 spiro atoms. The lowest BCUT2D eigenvalue weighted by Crippen LogP contribution is -2.21. The van der Waals surface area contributed by atoms with Gasteiger partial charge in [-0.05, 0) is 12.8 Å². The molecule has 0 N–H and O–H groups in total. The van der Waals surface area contributed by atoms with Gasteiger partial charge in [0.05, 0.1) is 0 Å². The van der Waals surface area contributed by atoms with Gasteiger partial charge in [0.1, 0.15) is 0 Å². The lowest BCUT2D eigenvalue weighted by molar-refractivity contribution is -0.526. The minimum Gasteiger partial charge on any atom is -0.264 e. The molecule has 1 aromatic carbocycles. The maximum Gasteiger partial charge on any atom is 0.235 e. The molecule has 0 saturated heterocycles. The van der Waals surface area contributed by atoms with Crippen molar-refractivity contribution in [1.29, 1.82) is 0 Å². The zero-order valence-corrected chi connectivity index (χ0v) is 11.6. The van der Waals surface area contributed by atoms with Crippen molar-refractivity contribution in [3.8, 4) is 0 Å². The highest BCUT2D eigenvalue weighted by Gasteiger charge is 2.21. The van der Waals surface area contributed by atoms with Gasteiger partial charge in [0.15, 0.2) is 0 Å². The van der Waals surface area contributed by atoms with Crippen LogP contribution in [0.5, 0.6) is 0 Å². The zero-order chi connectivity index (χ0) is 15.0. The molecule has 0 aliphatic heterocycles. The van der Waals surface area contributed by atoms with Crippen LogP contribution in [0.1, 0.15) is 50.6 Å². The Bertz CT molecular complexity index is 430. The first-order chi connectivity index (χ1) is 9.52. The molecule has 0 radical (unpaired) electrons. The molecule has 20 heavy (non-hydrogen) atoms. The molecule has 1 saturated carbocycles. The van der Waals surface area contributed by atoms with Gasteiger partial charge in [0.25, 0.3) is 0 Å². The van der Waals surface area contributed by atoms with Gasteiger partial charge in [-0.25, -0.2) is 0 Å². The number of hydrogen-bond acceptors (Lipinski definition) is 4. The highest BCUT2D eigenvalue weighted by molar-refractivity contribution is 5.16. The van der Waals surface area contributed by atoms with Crippen molar-refractivity contribution in [3.63, 3.8) is 0 Å². The van der Waals surface area contributed by atoms with Crippen molar-refractivity contribution in [2.45, 2.75) is 51.1 Å². The van der Waals surface area contributed by atoms with Gasteiger partial charge < -0.3 is 0 Å². The average Bonchev–Trinajstić information content (AvgIpc) is 2.49. The van der Waals surface area contributed by atoms with Gasteiger partial charge in [-0.3, -0.25) is 20.2 Å². The summed E-state index contributed by atoms with van der Waals surface area (Å²) in [5.74, 6) is 0. The maximum atomic E-state index is 10.3. The standard InChI is InChI=1S/C8H9NO2.C6H11NO2/c1-7(9(10)11)8-5-3-2-4-6-8;8-7(9)6-4-2-1-3-5-6/h2-7H,1H3;6H,1-5H2. The fourth-order valence-electron chi connectivity index (χ4n) is 2.15. The summed E-state index contributed by atoms with van der Waals surface area (Å²) < 4.78 is 0. The highest BCUT2D eigenvalue weighted by atomic mass is 16.6. The lowest BCUT2D eigenvalue weighted by Gasteiger charge is -2.13. The molecule has 0 heterocycles. The lowest BCUT2D eigenvalue weighted by atomic mass is 9.96. The average molecular weight is 280 g/mol. The van der Waals surface area contributed by atoms with E-state index in [4.69, 9.17) is 0 Å². The molecule has 110 valence electrons. The van der Waals surface area contributed by atoms with E-state index in [9.17, 15) is 20.2 Å². The van der Waals surface area contributed by atoms with Crippen molar-refractivity contribution in [3.05, 3.63) is 56.1 Å². The van der Waals surface area contributed by atoms with E-state index in [-0.39, 0.29) is 15.9 Å². The summed E-state index contributed by atoms with van der Waals surface area (Å²) in [4.78, 5) is 20.0. The summed E-state index contributed by atoms with van der Waals surface area (Å²) >= 11 is 0. The summed E-state index contributed by atoms with van der Waals surface area (Å²) in [6.45, 7) is 1.58. The van der Waals surface area contributed by atoms with E-state index in [0.29, 0.717) is 0 Å². The first-order valence-electron chi connectivity index (χ1n) is 6.84. The number of rotatable bonds is 3. The van der Waals surface area contributed by atoms with Crippen molar-refractivity contribution < 1.29 is 9.85 Å². The molecular formula is C14H20N2O4. The predicted octanol–water partition coefficient (Wildman–Crippen LogP) is 3.62. The SMILES string of the molecule is CC(c1ccccc1)[N+](=O)[O-].O=[N+]([O-])C1CCCCC1.